The fraction of sp³-hybridized carbons (Fsp3) is 0.120. The van der Waals surface area contributed by atoms with Gasteiger partial charge in [0.15, 0.2) is 0 Å². The maximum Gasteiger partial charge on any atom is 0.293 e. The van der Waals surface area contributed by atoms with Gasteiger partial charge < -0.3 is 9.88 Å². The van der Waals surface area contributed by atoms with Gasteiger partial charge in [-0.15, -0.1) is 0 Å². The van der Waals surface area contributed by atoms with Crippen LogP contribution in [0.5, 0.6) is 0 Å². The molecule has 0 unspecified atom stereocenters. The van der Waals surface area contributed by atoms with Gasteiger partial charge in [0, 0.05) is 41.7 Å². The number of benzene rings is 3. The number of aromatic nitrogens is 1. The van der Waals surface area contributed by atoms with Crippen molar-refractivity contribution in [3.63, 3.8) is 0 Å². The summed E-state index contributed by atoms with van der Waals surface area (Å²) >= 11 is 0. The number of rotatable bonds is 7. The molecule has 0 radical (unpaired) electrons. The van der Waals surface area contributed by atoms with Crippen molar-refractivity contribution in [3.8, 4) is 11.3 Å². The summed E-state index contributed by atoms with van der Waals surface area (Å²) in [6.45, 7) is 2.38. The van der Waals surface area contributed by atoms with E-state index in [2.05, 4.69) is 20.4 Å². The molecule has 4 aromatic rings. The molecule has 0 aliphatic carbocycles. The van der Waals surface area contributed by atoms with Crippen LogP contribution in [0.3, 0.4) is 0 Å². The van der Waals surface area contributed by atoms with Gasteiger partial charge in [0.05, 0.1) is 16.8 Å². The third-order valence-corrected chi connectivity index (χ3v) is 5.38. The van der Waals surface area contributed by atoms with E-state index in [0.29, 0.717) is 12.2 Å². The highest BCUT2D eigenvalue weighted by Crippen LogP contribution is 2.31. The van der Waals surface area contributed by atoms with Crippen molar-refractivity contribution in [3.05, 3.63) is 94.0 Å². The van der Waals surface area contributed by atoms with Gasteiger partial charge in [-0.25, -0.2) is 5.43 Å². The minimum atomic E-state index is -0.529. The van der Waals surface area contributed by atoms with E-state index in [1.165, 1.54) is 18.2 Å². The van der Waals surface area contributed by atoms with E-state index in [9.17, 15) is 14.9 Å². The van der Waals surface area contributed by atoms with Crippen LogP contribution >= 0.6 is 0 Å². The van der Waals surface area contributed by atoms with E-state index in [-0.39, 0.29) is 11.3 Å². The molecule has 8 heteroatoms. The highest BCUT2D eigenvalue weighted by atomic mass is 16.6. The topological polar surface area (TPSA) is 102 Å². The summed E-state index contributed by atoms with van der Waals surface area (Å²) in [5.41, 5.74) is 6.77. The molecule has 0 saturated heterocycles. The Morgan fingerprint density at radius 3 is 2.55 bits per heavy atom. The number of anilines is 1. The molecular weight excluding hydrogens is 418 g/mol. The monoisotopic (exact) mass is 441 g/mol. The zero-order chi connectivity index (χ0) is 23.4. The van der Waals surface area contributed by atoms with Crippen LogP contribution in [0.15, 0.2) is 77.9 Å². The first kappa shape index (κ1) is 21.8. The molecule has 0 atom stereocenters. The summed E-state index contributed by atoms with van der Waals surface area (Å²) in [7, 11) is 1.99. The summed E-state index contributed by atoms with van der Waals surface area (Å²) in [6.07, 6.45) is 1.62. The normalized spacial score (nSPS) is 11.1. The zero-order valence-electron chi connectivity index (χ0n) is 18.3. The van der Waals surface area contributed by atoms with Gasteiger partial charge in [0.25, 0.3) is 11.6 Å². The second-order valence-corrected chi connectivity index (χ2v) is 7.42. The van der Waals surface area contributed by atoms with Crippen LogP contribution in [-0.4, -0.2) is 28.2 Å². The second-order valence-electron chi connectivity index (χ2n) is 7.42. The molecule has 8 nitrogen and oxygen atoms in total. The molecule has 0 saturated carbocycles. The Labute approximate surface area is 190 Å². The lowest BCUT2D eigenvalue weighted by Crippen LogP contribution is -2.18. The quantitative estimate of drug-likeness (QED) is 0.241. The van der Waals surface area contributed by atoms with Gasteiger partial charge in [-0.3, -0.25) is 14.9 Å². The van der Waals surface area contributed by atoms with E-state index in [1.807, 2.05) is 68.6 Å². The van der Waals surface area contributed by atoms with E-state index in [4.69, 9.17) is 0 Å². The summed E-state index contributed by atoms with van der Waals surface area (Å²) in [4.78, 5) is 23.5. The molecule has 3 aromatic carbocycles. The summed E-state index contributed by atoms with van der Waals surface area (Å²) < 4.78 is 2.09. The number of amides is 1. The molecule has 4 rings (SSSR count). The number of carbonyl (C=O) groups is 1. The van der Waals surface area contributed by atoms with Crippen molar-refractivity contribution < 1.29 is 9.72 Å². The van der Waals surface area contributed by atoms with E-state index < -0.39 is 10.8 Å². The van der Waals surface area contributed by atoms with Gasteiger partial charge in [0.1, 0.15) is 5.69 Å². The number of hydrogen-bond donors (Lipinski definition) is 2. The van der Waals surface area contributed by atoms with E-state index in [0.717, 1.165) is 27.7 Å². The Balaban J connectivity index is 1.66. The van der Waals surface area contributed by atoms with Crippen molar-refractivity contribution in [2.75, 3.05) is 11.9 Å². The molecule has 1 amide bonds. The van der Waals surface area contributed by atoms with Gasteiger partial charge in [-0.2, -0.15) is 5.10 Å². The highest BCUT2D eigenvalue weighted by Gasteiger charge is 2.18. The van der Waals surface area contributed by atoms with Gasteiger partial charge in [-0.1, -0.05) is 48.5 Å². The number of para-hydroxylation sites is 1. The number of nitrogens with zero attached hydrogens (tertiary/aromatic N) is 3. The highest BCUT2D eigenvalue weighted by molar-refractivity contribution is 6.07. The van der Waals surface area contributed by atoms with Gasteiger partial charge >= 0.3 is 0 Å². The average Bonchev–Trinajstić information content (AvgIpc) is 3.11. The van der Waals surface area contributed by atoms with Crippen LogP contribution in [0.25, 0.3) is 22.2 Å². The predicted octanol–water partition coefficient (Wildman–Crippen LogP) is 4.95. The van der Waals surface area contributed by atoms with Crippen molar-refractivity contribution >= 4 is 34.4 Å². The Hall–Kier alpha value is -4.46. The van der Waals surface area contributed by atoms with Crippen LogP contribution in [0, 0.1) is 10.1 Å². The van der Waals surface area contributed by atoms with Crippen LogP contribution in [0.2, 0.25) is 0 Å². The number of nitro groups is 1. The zero-order valence-corrected chi connectivity index (χ0v) is 18.3. The predicted molar refractivity (Wildman–Crippen MR) is 131 cm³/mol. The standard InChI is InChI=1S/C25H23N5O3/c1-3-26-21-14-13-18(15-23(21)30(32)33)25(31)28-27-16-20-19-11-7-8-12-22(19)29(2)24(20)17-9-5-4-6-10-17/h4-16,26H,3H2,1-2H3,(H,28,31)/b27-16-. The Morgan fingerprint density at radius 2 is 1.82 bits per heavy atom. The van der Waals surface area contributed by atoms with E-state index >= 15 is 0 Å². The SMILES string of the molecule is CCNc1ccc(C(=O)N/N=C\c2c(-c3ccccc3)n(C)c3ccccc23)cc1[N+](=O)[O-]. The Morgan fingerprint density at radius 1 is 1.09 bits per heavy atom. The summed E-state index contributed by atoms with van der Waals surface area (Å²) in [6, 6.07) is 22.2. The first-order valence-corrected chi connectivity index (χ1v) is 10.5. The van der Waals surface area contributed by atoms with Gasteiger partial charge in [-0.05, 0) is 30.7 Å². The lowest BCUT2D eigenvalue weighted by molar-refractivity contribution is -0.384. The smallest absolute Gasteiger partial charge is 0.293 e. The third kappa shape index (κ3) is 4.31. The number of aryl methyl sites for hydroxylation is 1. The lowest BCUT2D eigenvalue weighted by Gasteiger charge is -2.07. The van der Waals surface area contributed by atoms with Crippen molar-refractivity contribution in [1.29, 1.82) is 0 Å². The molecule has 1 heterocycles. The first-order chi connectivity index (χ1) is 16.0. The fourth-order valence-corrected chi connectivity index (χ4v) is 3.88. The first-order valence-electron chi connectivity index (χ1n) is 10.5. The molecule has 33 heavy (non-hydrogen) atoms. The van der Waals surface area contributed by atoms with Crippen LogP contribution in [0.4, 0.5) is 11.4 Å². The third-order valence-electron chi connectivity index (χ3n) is 5.38. The molecule has 0 fully saturated rings. The maximum absolute atomic E-state index is 12.6. The minimum Gasteiger partial charge on any atom is -0.380 e. The van der Waals surface area contributed by atoms with Crippen LogP contribution < -0.4 is 10.7 Å². The van der Waals surface area contributed by atoms with Crippen LogP contribution in [0.1, 0.15) is 22.8 Å². The van der Waals surface area contributed by atoms with Crippen molar-refractivity contribution in [2.24, 2.45) is 12.1 Å². The average molecular weight is 441 g/mol. The second kappa shape index (κ2) is 9.35. The molecule has 166 valence electrons. The minimum absolute atomic E-state index is 0.154. The van der Waals surface area contributed by atoms with Gasteiger partial charge in [0.2, 0.25) is 0 Å². The lowest BCUT2D eigenvalue weighted by atomic mass is 10.1. The van der Waals surface area contributed by atoms with E-state index in [1.54, 1.807) is 6.21 Å². The number of fused-ring (bicyclic) bond motifs is 1. The number of hydrogen-bond acceptors (Lipinski definition) is 5. The molecule has 2 N–H and O–H groups in total. The molecule has 0 aliphatic rings. The number of hydrazone groups is 1. The number of nitro benzene ring substituents is 1. The Kier molecular flexibility index (Phi) is 6.17. The van der Waals surface area contributed by atoms with Crippen molar-refractivity contribution in [1.82, 2.24) is 9.99 Å². The van der Waals surface area contributed by atoms with Crippen molar-refractivity contribution in [2.45, 2.75) is 6.92 Å². The molecule has 0 bridgehead atoms. The molecule has 0 aliphatic heterocycles. The molecule has 1 aromatic heterocycles. The largest absolute Gasteiger partial charge is 0.380 e. The molecule has 0 spiro atoms. The summed E-state index contributed by atoms with van der Waals surface area (Å²) in [5, 5.41) is 19.5. The maximum atomic E-state index is 12.6. The molecular formula is C25H23N5O3. The number of nitrogens with one attached hydrogen (secondary N) is 2. The Bertz CT molecular complexity index is 1360. The fourth-order valence-electron chi connectivity index (χ4n) is 3.88. The van der Waals surface area contributed by atoms with Crippen LogP contribution in [-0.2, 0) is 7.05 Å². The summed E-state index contributed by atoms with van der Waals surface area (Å²) in [5.74, 6) is -0.529. The number of carbonyl (C=O) groups excluding carboxylic acids is 1.